The van der Waals surface area contributed by atoms with Gasteiger partial charge in [0, 0.05) is 19.0 Å². The van der Waals surface area contributed by atoms with Crippen molar-refractivity contribution in [2.45, 2.75) is 39.2 Å². The second-order valence-electron chi connectivity index (χ2n) is 3.86. The van der Waals surface area contributed by atoms with E-state index in [1.807, 2.05) is 0 Å². The minimum atomic E-state index is -2.59. The summed E-state index contributed by atoms with van der Waals surface area (Å²) in [7, 11) is 0. The minimum Gasteiger partial charge on any atom is -0.481 e. The van der Waals surface area contributed by atoms with Crippen LogP contribution in [0.2, 0.25) is 0 Å². The number of halogens is 2. The maximum absolute atomic E-state index is 11.9. The van der Waals surface area contributed by atoms with Gasteiger partial charge in [-0.3, -0.25) is 4.79 Å². The molecule has 2 N–H and O–H groups in total. The molecule has 7 heteroatoms. The van der Waals surface area contributed by atoms with Crippen molar-refractivity contribution in [2.75, 3.05) is 13.1 Å². The predicted molar refractivity (Wildman–Crippen MR) is 58.1 cm³/mol. The van der Waals surface area contributed by atoms with Gasteiger partial charge in [0.25, 0.3) is 6.43 Å². The first-order chi connectivity index (χ1) is 7.84. The molecule has 0 aromatic rings. The summed E-state index contributed by atoms with van der Waals surface area (Å²) in [5, 5.41) is 10.6. The predicted octanol–water partition coefficient (Wildman–Crippen LogP) is 1.54. The topological polar surface area (TPSA) is 69.6 Å². The third-order valence-corrected chi connectivity index (χ3v) is 2.08. The molecule has 0 aromatic carbocycles. The Hall–Kier alpha value is -1.40. The van der Waals surface area contributed by atoms with Gasteiger partial charge < -0.3 is 15.3 Å². The van der Waals surface area contributed by atoms with E-state index >= 15 is 0 Å². The molecule has 0 aliphatic heterocycles. The summed E-state index contributed by atoms with van der Waals surface area (Å²) in [5.41, 5.74) is 0. The van der Waals surface area contributed by atoms with Crippen LogP contribution in [0.4, 0.5) is 13.6 Å². The van der Waals surface area contributed by atoms with Crippen molar-refractivity contribution in [1.29, 1.82) is 0 Å². The van der Waals surface area contributed by atoms with E-state index in [9.17, 15) is 18.4 Å². The lowest BCUT2D eigenvalue weighted by molar-refractivity contribution is -0.137. The molecule has 2 amide bonds. The molecule has 0 atom stereocenters. The number of urea groups is 1. The number of carboxylic acid groups (broad SMARTS) is 1. The molecule has 0 radical (unpaired) electrons. The molecule has 0 spiro atoms. The molecular formula is C10H18F2N2O3. The van der Waals surface area contributed by atoms with Gasteiger partial charge in [-0.15, -0.1) is 0 Å². The van der Waals surface area contributed by atoms with Crippen LogP contribution in [0.15, 0.2) is 0 Å². The Kier molecular flexibility index (Phi) is 7.16. The monoisotopic (exact) mass is 252 g/mol. The summed E-state index contributed by atoms with van der Waals surface area (Å²) in [6.07, 6.45) is -2.34. The van der Waals surface area contributed by atoms with Crippen molar-refractivity contribution in [3.63, 3.8) is 0 Å². The molecule has 0 fully saturated rings. The first kappa shape index (κ1) is 15.6. The minimum absolute atomic E-state index is 0.0503. The highest BCUT2D eigenvalue weighted by molar-refractivity contribution is 5.74. The molecule has 0 aromatic heterocycles. The van der Waals surface area contributed by atoms with Crippen LogP contribution in [0.25, 0.3) is 0 Å². The first-order valence-corrected chi connectivity index (χ1v) is 5.39. The normalized spacial score (nSPS) is 10.7. The second-order valence-corrected chi connectivity index (χ2v) is 3.86. The van der Waals surface area contributed by atoms with E-state index in [1.54, 1.807) is 13.8 Å². The number of carbonyl (C=O) groups is 2. The molecular weight excluding hydrogens is 234 g/mol. The Labute approximate surface area is 98.8 Å². The molecule has 0 saturated carbocycles. The Bertz CT molecular complexity index is 260. The quantitative estimate of drug-likeness (QED) is 0.722. The highest BCUT2D eigenvalue weighted by atomic mass is 19.3. The van der Waals surface area contributed by atoms with E-state index in [1.165, 1.54) is 4.90 Å². The van der Waals surface area contributed by atoms with E-state index in [4.69, 9.17) is 5.11 Å². The van der Waals surface area contributed by atoms with Gasteiger partial charge in [0.05, 0.1) is 6.54 Å². The number of amides is 2. The standard InChI is InChI=1S/C10H18F2N2O3/c1-7(2)14(5-3-4-9(15)16)10(17)13-6-8(11)12/h7-8H,3-6H2,1-2H3,(H,13,17)(H,15,16). The maximum Gasteiger partial charge on any atom is 0.317 e. The number of nitrogens with zero attached hydrogens (tertiary/aromatic N) is 1. The molecule has 100 valence electrons. The number of aliphatic carboxylic acids is 1. The van der Waals surface area contributed by atoms with Crippen LogP contribution >= 0.6 is 0 Å². The van der Waals surface area contributed by atoms with Crippen molar-refractivity contribution in [3.8, 4) is 0 Å². The Morgan fingerprint density at radius 2 is 1.94 bits per heavy atom. The van der Waals surface area contributed by atoms with Gasteiger partial charge in [-0.05, 0) is 20.3 Å². The fourth-order valence-corrected chi connectivity index (χ4v) is 1.26. The third kappa shape index (κ3) is 7.48. The zero-order chi connectivity index (χ0) is 13.4. The summed E-state index contributed by atoms with van der Waals surface area (Å²) >= 11 is 0. The molecule has 17 heavy (non-hydrogen) atoms. The molecule has 0 bridgehead atoms. The molecule has 0 unspecified atom stereocenters. The van der Waals surface area contributed by atoms with E-state index in [-0.39, 0.29) is 19.0 Å². The van der Waals surface area contributed by atoms with Crippen LogP contribution in [0.5, 0.6) is 0 Å². The summed E-state index contributed by atoms with van der Waals surface area (Å²) in [5.74, 6) is -0.943. The van der Waals surface area contributed by atoms with Gasteiger partial charge in [0.2, 0.25) is 0 Å². The van der Waals surface area contributed by atoms with Crippen LogP contribution < -0.4 is 5.32 Å². The largest absolute Gasteiger partial charge is 0.481 e. The number of carboxylic acids is 1. The van der Waals surface area contributed by atoms with Gasteiger partial charge in [-0.2, -0.15) is 0 Å². The lowest BCUT2D eigenvalue weighted by Gasteiger charge is -2.26. The van der Waals surface area contributed by atoms with E-state index in [0.717, 1.165) is 0 Å². The van der Waals surface area contributed by atoms with Gasteiger partial charge in [-0.1, -0.05) is 0 Å². The highest BCUT2D eigenvalue weighted by Crippen LogP contribution is 2.03. The van der Waals surface area contributed by atoms with Crippen molar-refractivity contribution >= 4 is 12.0 Å². The lowest BCUT2D eigenvalue weighted by Crippen LogP contribution is -2.45. The van der Waals surface area contributed by atoms with E-state index < -0.39 is 25.0 Å². The maximum atomic E-state index is 11.9. The Morgan fingerprint density at radius 3 is 2.35 bits per heavy atom. The second kappa shape index (κ2) is 7.81. The summed E-state index contributed by atoms with van der Waals surface area (Å²) in [6, 6.07) is -0.757. The Balaban J connectivity index is 4.12. The van der Waals surface area contributed by atoms with E-state index in [0.29, 0.717) is 6.42 Å². The SMILES string of the molecule is CC(C)N(CCCC(=O)O)C(=O)NCC(F)F. The Morgan fingerprint density at radius 1 is 1.35 bits per heavy atom. The fraction of sp³-hybridized carbons (Fsp3) is 0.800. The number of hydrogen-bond donors (Lipinski definition) is 2. The van der Waals surface area contributed by atoms with Gasteiger partial charge >= 0.3 is 12.0 Å². The zero-order valence-corrected chi connectivity index (χ0v) is 9.95. The van der Waals surface area contributed by atoms with Crippen LogP contribution in [0.1, 0.15) is 26.7 Å². The van der Waals surface area contributed by atoms with Crippen LogP contribution in [-0.4, -0.2) is 47.6 Å². The third-order valence-electron chi connectivity index (χ3n) is 2.08. The highest BCUT2D eigenvalue weighted by Gasteiger charge is 2.17. The molecule has 0 heterocycles. The van der Waals surface area contributed by atoms with Crippen molar-refractivity contribution < 1.29 is 23.5 Å². The van der Waals surface area contributed by atoms with E-state index in [2.05, 4.69) is 5.32 Å². The average molecular weight is 252 g/mol. The lowest BCUT2D eigenvalue weighted by atomic mass is 10.2. The van der Waals surface area contributed by atoms with Crippen molar-refractivity contribution in [3.05, 3.63) is 0 Å². The molecule has 0 saturated heterocycles. The molecule has 0 rings (SSSR count). The molecule has 0 aliphatic rings. The van der Waals surface area contributed by atoms with Crippen molar-refractivity contribution in [1.82, 2.24) is 10.2 Å². The summed E-state index contributed by atoms with van der Waals surface area (Å²) in [6.45, 7) is 3.02. The number of alkyl halides is 2. The summed E-state index contributed by atoms with van der Waals surface area (Å²) in [4.78, 5) is 23.2. The number of rotatable bonds is 7. The first-order valence-electron chi connectivity index (χ1n) is 5.39. The van der Waals surface area contributed by atoms with Crippen LogP contribution in [0, 0.1) is 0 Å². The molecule has 0 aliphatic carbocycles. The number of hydrogen-bond acceptors (Lipinski definition) is 2. The van der Waals surface area contributed by atoms with Crippen LogP contribution in [-0.2, 0) is 4.79 Å². The van der Waals surface area contributed by atoms with Crippen molar-refractivity contribution in [2.24, 2.45) is 0 Å². The molecule has 5 nitrogen and oxygen atoms in total. The van der Waals surface area contributed by atoms with Gasteiger partial charge in [0.15, 0.2) is 0 Å². The van der Waals surface area contributed by atoms with Crippen LogP contribution in [0.3, 0.4) is 0 Å². The summed E-state index contributed by atoms with van der Waals surface area (Å²) < 4.78 is 23.8. The smallest absolute Gasteiger partial charge is 0.317 e. The van der Waals surface area contributed by atoms with Gasteiger partial charge in [0.1, 0.15) is 0 Å². The van der Waals surface area contributed by atoms with Gasteiger partial charge in [-0.25, -0.2) is 13.6 Å². The fourth-order valence-electron chi connectivity index (χ4n) is 1.26. The number of carbonyl (C=O) groups excluding carboxylic acids is 1. The zero-order valence-electron chi connectivity index (χ0n) is 9.95. The average Bonchev–Trinajstić information content (AvgIpc) is 2.20. The number of nitrogens with one attached hydrogen (secondary N) is 1.